The molecule has 0 saturated carbocycles. The van der Waals surface area contributed by atoms with Gasteiger partial charge in [-0.25, -0.2) is 0 Å². The molecule has 0 aromatic heterocycles. The topological polar surface area (TPSA) is 54.4 Å². The van der Waals surface area contributed by atoms with E-state index in [-0.39, 0.29) is 27.8 Å². The Labute approximate surface area is 125 Å². The Kier molecular flexibility index (Phi) is 5.64. The summed E-state index contributed by atoms with van der Waals surface area (Å²) in [6, 6.07) is 3.48. The Morgan fingerprint density at radius 3 is 2.45 bits per heavy atom. The van der Waals surface area contributed by atoms with Crippen molar-refractivity contribution < 1.29 is 27.9 Å². The predicted octanol–water partition coefficient (Wildman–Crippen LogP) is 3.89. The van der Waals surface area contributed by atoms with Crippen molar-refractivity contribution in [2.45, 2.75) is 28.6 Å². The molecule has 1 aromatic carbocycles. The van der Waals surface area contributed by atoms with Gasteiger partial charge in [0.25, 0.3) is 0 Å². The third-order valence-corrected chi connectivity index (χ3v) is 3.42. The Morgan fingerprint density at radius 1 is 1.40 bits per heavy atom. The number of Topliss-reactive ketones (excluding diaryl/α,β-unsaturated/α-hetero) is 1. The second-order valence-corrected chi connectivity index (χ2v) is 6.43. The molecule has 3 nitrogen and oxygen atoms in total. The largest absolute Gasteiger partial charge is 0.481 e. The number of rotatable bonds is 5. The van der Waals surface area contributed by atoms with Gasteiger partial charge in [-0.15, -0.1) is 0 Å². The second kappa shape index (κ2) is 6.62. The van der Waals surface area contributed by atoms with E-state index in [4.69, 9.17) is 5.11 Å². The van der Waals surface area contributed by atoms with Crippen molar-refractivity contribution in [3.63, 3.8) is 0 Å². The van der Waals surface area contributed by atoms with Crippen molar-refractivity contribution in [1.82, 2.24) is 0 Å². The van der Waals surface area contributed by atoms with Gasteiger partial charge in [0.1, 0.15) is 0 Å². The molecule has 1 N–H and O–H groups in total. The van der Waals surface area contributed by atoms with Crippen molar-refractivity contribution in [3.8, 4) is 0 Å². The van der Waals surface area contributed by atoms with Gasteiger partial charge in [0.2, 0.25) is 0 Å². The summed E-state index contributed by atoms with van der Waals surface area (Å²) in [7, 11) is 0. The zero-order valence-electron chi connectivity index (χ0n) is 10.2. The molecule has 1 atom stereocenters. The molecule has 0 amide bonds. The van der Waals surface area contributed by atoms with E-state index in [9.17, 15) is 22.8 Å². The molecule has 8 heteroatoms. The van der Waals surface area contributed by atoms with Crippen molar-refractivity contribution in [2.75, 3.05) is 0 Å². The zero-order chi connectivity index (χ0) is 15.5. The molecule has 0 spiro atoms. The van der Waals surface area contributed by atoms with Gasteiger partial charge < -0.3 is 5.11 Å². The van der Waals surface area contributed by atoms with Crippen LogP contribution in [0.3, 0.4) is 0 Å². The summed E-state index contributed by atoms with van der Waals surface area (Å²) in [5.74, 6) is -1.61. The van der Waals surface area contributed by atoms with Crippen LogP contribution >= 0.6 is 27.7 Å². The third-order valence-electron chi connectivity index (χ3n) is 2.28. The second-order valence-electron chi connectivity index (χ2n) is 3.92. The van der Waals surface area contributed by atoms with E-state index in [1.807, 2.05) is 0 Å². The fourth-order valence-corrected chi connectivity index (χ4v) is 2.34. The van der Waals surface area contributed by atoms with E-state index < -0.39 is 28.5 Å². The Hall–Kier alpha value is -1.02. The number of carboxylic acid groups (broad SMARTS) is 1. The van der Waals surface area contributed by atoms with E-state index in [0.29, 0.717) is 0 Å². The van der Waals surface area contributed by atoms with Crippen LogP contribution in [0.2, 0.25) is 0 Å². The van der Waals surface area contributed by atoms with E-state index in [1.54, 1.807) is 0 Å². The van der Waals surface area contributed by atoms with Gasteiger partial charge in [0, 0.05) is 10.5 Å². The van der Waals surface area contributed by atoms with Crippen molar-refractivity contribution in [2.24, 2.45) is 0 Å². The minimum atomic E-state index is -4.46. The van der Waals surface area contributed by atoms with E-state index >= 15 is 0 Å². The van der Waals surface area contributed by atoms with Crippen LogP contribution in [-0.4, -0.2) is 27.2 Å². The highest BCUT2D eigenvalue weighted by Gasteiger charge is 2.30. The summed E-state index contributed by atoms with van der Waals surface area (Å²) in [5, 5.41) is 8.76. The number of carbonyl (C=O) groups excluding carboxylic acids is 1. The number of halogens is 4. The average Bonchev–Trinajstić information content (AvgIpc) is 2.27. The maximum atomic E-state index is 12.3. The molecule has 0 saturated heterocycles. The summed E-state index contributed by atoms with van der Waals surface area (Å²) in [6.45, 7) is 1.52. The highest BCUT2D eigenvalue weighted by Crippen LogP contribution is 2.37. The number of carboxylic acids is 1. The lowest BCUT2D eigenvalue weighted by Gasteiger charge is -2.12. The molecule has 20 heavy (non-hydrogen) atoms. The Balaban J connectivity index is 3.21. The maximum Gasteiger partial charge on any atom is 0.446 e. The van der Waals surface area contributed by atoms with Crippen LogP contribution in [0.4, 0.5) is 13.2 Å². The Bertz CT molecular complexity index is 529. The highest BCUT2D eigenvalue weighted by atomic mass is 79.9. The number of alkyl halides is 4. The van der Waals surface area contributed by atoms with Crippen LogP contribution in [-0.2, 0) is 11.2 Å². The number of ketones is 1. The SMILES string of the molecule is CC(Br)C(=O)c1cc(SC(F)(F)F)ccc1CC(=O)O. The lowest BCUT2D eigenvalue weighted by molar-refractivity contribution is -0.136. The van der Waals surface area contributed by atoms with Crippen LogP contribution in [0.25, 0.3) is 0 Å². The summed E-state index contributed by atoms with van der Waals surface area (Å²) in [5.41, 5.74) is -4.28. The van der Waals surface area contributed by atoms with Gasteiger partial charge in [-0.2, -0.15) is 13.2 Å². The molecule has 0 aliphatic rings. The van der Waals surface area contributed by atoms with Crippen LogP contribution in [0, 0.1) is 0 Å². The number of carbonyl (C=O) groups is 2. The van der Waals surface area contributed by atoms with Crippen molar-refractivity contribution in [1.29, 1.82) is 0 Å². The normalized spacial score (nSPS) is 13.1. The minimum Gasteiger partial charge on any atom is -0.481 e. The number of thioether (sulfide) groups is 1. The smallest absolute Gasteiger partial charge is 0.446 e. The van der Waals surface area contributed by atoms with E-state index in [2.05, 4.69) is 15.9 Å². The molecular weight excluding hydrogens is 361 g/mol. The molecule has 0 heterocycles. The monoisotopic (exact) mass is 370 g/mol. The predicted molar refractivity (Wildman–Crippen MR) is 72.4 cm³/mol. The van der Waals surface area contributed by atoms with Gasteiger partial charge in [0.05, 0.1) is 11.2 Å². The third kappa shape index (κ3) is 5.16. The maximum absolute atomic E-state index is 12.3. The van der Waals surface area contributed by atoms with E-state index in [0.717, 1.165) is 12.1 Å². The first-order chi connectivity index (χ1) is 9.10. The Morgan fingerprint density at radius 2 is 2.00 bits per heavy atom. The minimum absolute atomic E-state index is 0.00831. The number of aliphatic carboxylic acids is 1. The van der Waals surface area contributed by atoms with Crippen LogP contribution in [0.15, 0.2) is 23.1 Å². The average molecular weight is 371 g/mol. The standard InChI is InChI=1S/C12H10BrF3O3S/c1-6(13)11(19)9-5-8(20-12(14,15)16)3-2-7(9)4-10(17)18/h2-3,5-6H,4H2,1H3,(H,17,18). The van der Waals surface area contributed by atoms with Gasteiger partial charge in [0.15, 0.2) is 5.78 Å². The molecule has 0 aliphatic carbocycles. The molecule has 0 radical (unpaired) electrons. The molecule has 1 rings (SSSR count). The molecule has 0 fully saturated rings. The lowest BCUT2D eigenvalue weighted by atomic mass is 10.00. The van der Waals surface area contributed by atoms with E-state index in [1.165, 1.54) is 13.0 Å². The first-order valence-corrected chi connectivity index (χ1v) is 7.12. The number of benzene rings is 1. The summed E-state index contributed by atoms with van der Waals surface area (Å²) >= 11 is 2.69. The first-order valence-electron chi connectivity index (χ1n) is 5.39. The molecule has 0 aliphatic heterocycles. The molecule has 110 valence electrons. The van der Waals surface area contributed by atoms with Crippen LogP contribution in [0.5, 0.6) is 0 Å². The van der Waals surface area contributed by atoms with Crippen LogP contribution < -0.4 is 0 Å². The van der Waals surface area contributed by atoms with Crippen LogP contribution in [0.1, 0.15) is 22.8 Å². The lowest BCUT2D eigenvalue weighted by Crippen LogP contribution is -2.15. The summed E-state index contributed by atoms with van der Waals surface area (Å²) in [6.07, 6.45) is -0.419. The van der Waals surface area contributed by atoms with Gasteiger partial charge >= 0.3 is 11.5 Å². The summed E-state index contributed by atoms with van der Waals surface area (Å²) < 4.78 is 37.0. The summed E-state index contributed by atoms with van der Waals surface area (Å²) in [4.78, 5) is 21.9. The van der Waals surface area contributed by atoms with Crippen molar-refractivity contribution in [3.05, 3.63) is 29.3 Å². The first kappa shape index (κ1) is 17.0. The number of hydrogen-bond acceptors (Lipinski definition) is 3. The quantitative estimate of drug-likeness (QED) is 0.485. The zero-order valence-corrected chi connectivity index (χ0v) is 12.6. The molecule has 1 aromatic rings. The molecule has 0 bridgehead atoms. The van der Waals surface area contributed by atoms with Gasteiger partial charge in [-0.05, 0) is 36.4 Å². The molecule has 1 unspecified atom stereocenters. The molecular formula is C12H10BrF3O3S. The fraction of sp³-hybridized carbons (Fsp3) is 0.333. The number of hydrogen-bond donors (Lipinski definition) is 1. The fourth-order valence-electron chi connectivity index (χ4n) is 1.51. The van der Waals surface area contributed by atoms with Crippen molar-refractivity contribution >= 4 is 39.4 Å². The van der Waals surface area contributed by atoms with Gasteiger partial charge in [-0.1, -0.05) is 22.0 Å². The van der Waals surface area contributed by atoms with Gasteiger partial charge in [-0.3, -0.25) is 9.59 Å². The highest BCUT2D eigenvalue weighted by molar-refractivity contribution is 9.10.